The molecule has 0 unspecified atom stereocenters. The minimum absolute atomic E-state index is 0.0200. The van der Waals surface area contributed by atoms with E-state index in [0.29, 0.717) is 9.75 Å². The molecule has 0 aliphatic carbocycles. The third-order valence-corrected chi connectivity index (χ3v) is 5.28. The number of hydrogen-bond acceptors (Lipinski definition) is 4. The first-order valence-electron chi connectivity index (χ1n) is 5.60. The molecule has 0 saturated heterocycles. The summed E-state index contributed by atoms with van der Waals surface area (Å²) in [7, 11) is -3.97. The van der Waals surface area contributed by atoms with Gasteiger partial charge in [0.05, 0.1) is 5.69 Å². The van der Waals surface area contributed by atoms with E-state index in [1.54, 1.807) is 6.92 Å². The topological polar surface area (TPSA) is 72.2 Å². The van der Waals surface area contributed by atoms with Crippen molar-refractivity contribution in [3.63, 3.8) is 0 Å². The number of benzene rings is 1. The molecule has 1 aromatic heterocycles. The van der Waals surface area contributed by atoms with Gasteiger partial charge >= 0.3 is 0 Å². The van der Waals surface area contributed by atoms with Gasteiger partial charge in [-0.15, -0.1) is 11.3 Å². The fourth-order valence-electron chi connectivity index (χ4n) is 1.67. The fourth-order valence-corrected chi connectivity index (χ4v) is 4.24. The van der Waals surface area contributed by atoms with E-state index in [4.69, 9.17) is 5.73 Å². The van der Waals surface area contributed by atoms with E-state index in [9.17, 15) is 17.2 Å². The van der Waals surface area contributed by atoms with Crippen LogP contribution in [0.3, 0.4) is 0 Å². The van der Waals surface area contributed by atoms with Crippen LogP contribution >= 0.6 is 11.3 Å². The number of halogens is 2. The van der Waals surface area contributed by atoms with Crippen molar-refractivity contribution < 1.29 is 17.2 Å². The van der Waals surface area contributed by atoms with E-state index in [0.717, 1.165) is 18.2 Å². The summed E-state index contributed by atoms with van der Waals surface area (Å²) in [5.74, 6) is -1.57. The van der Waals surface area contributed by atoms with Crippen LogP contribution in [0, 0.1) is 18.6 Å². The summed E-state index contributed by atoms with van der Waals surface area (Å²) in [6, 6.07) is 3.99. The minimum atomic E-state index is -3.97. The second-order valence-electron chi connectivity index (χ2n) is 4.07. The molecule has 4 nitrogen and oxygen atoms in total. The highest BCUT2D eigenvalue weighted by Crippen LogP contribution is 2.28. The summed E-state index contributed by atoms with van der Waals surface area (Å²) in [5, 5.41) is 0. The molecule has 20 heavy (non-hydrogen) atoms. The normalized spacial score (nSPS) is 11.6. The van der Waals surface area contributed by atoms with E-state index >= 15 is 0 Å². The zero-order chi connectivity index (χ0) is 14.9. The van der Waals surface area contributed by atoms with Crippen LogP contribution in [0.15, 0.2) is 29.2 Å². The lowest BCUT2D eigenvalue weighted by Crippen LogP contribution is -2.14. The molecule has 1 aromatic carbocycles. The number of thiophene rings is 1. The highest BCUT2D eigenvalue weighted by molar-refractivity contribution is 7.93. The summed E-state index contributed by atoms with van der Waals surface area (Å²) < 4.78 is 52.9. The molecule has 0 aliphatic heterocycles. The Labute approximate surface area is 119 Å². The highest BCUT2D eigenvalue weighted by atomic mass is 32.2. The van der Waals surface area contributed by atoms with Gasteiger partial charge in [0.1, 0.15) is 16.5 Å². The Morgan fingerprint density at radius 2 is 2.00 bits per heavy atom. The summed E-state index contributed by atoms with van der Waals surface area (Å²) >= 11 is 1.25. The van der Waals surface area contributed by atoms with Crippen molar-refractivity contribution in [2.24, 2.45) is 5.73 Å². The van der Waals surface area contributed by atoms with Crippen molar-refractivity contribution in [3.8, 4) is 0 Å². The summed E-state index contributed by atoms with van der Waals surface area (Å²) in [4.78, 5) is 1.25. The first-order valence-corrected chi connectivity index (χ1v) is 7.90. The number of nitrogens with one attached hydrogen (secondary N) is 1. The highest BCUT2D eigenvalue weighted by Gasteiger charge is 2.21. The van der Waals surface area contributed by atoms with E-state index < -0.39 is 27.3 Å². The standard InChI is InChI=1S/C12H12F2N2O2S2/c1-7-12(5-9(6-15)19-7)20(17,18)16-11-4-8(13)2-3-10(11)14/h2-5,16H,6,15H2,1H3. The van der Waals surface area contributed by atoms with Crippen LogP contribution in [-0.4, -0.2) is 8.42 Å². The van der Waals surface area contributed by atoms with Crippen molar-refractivity contribution in [2.75, 3.05) is 4.72 Å². The largest absolute Gasteiger partial charge is 0.326 e. The molecule has 108 valence electrons. The lowest BCUT2D eigenvalue weighted by atomic mass is 10.3. The lowest BCUT2D eigenvalue weighted by Gasteiger charge is -2.08. The third-order valence-electron chi connectivity index (χ3n) is 2.59. The second-order valence-corrected chi connectivity index (χ2v) is 7.06. The molecule has 2 aromatic rings. The lowest BCUT2D eigenvalue weighted by molar-refractivity contribution is 0.594. The first kappa shape index (κ1) is 14.9. The van der Waals surface area contributed by atoms with Crippen LogP contribution < -0.4 is 10.5 Å². The van der Waals surface area contributed by atoms with Crippen LogP contribution in [0.2, 0.25) is 0 Å². The summed E-state index contributed by atoms with van der Waals surface area (Å²) in [6.45, 7) is 1.84. The Kier molecular flexibility index (Phi) is 4.07. The van der Waals surface area contributed by atoms with Crippen LogP contribution in [-0.2, 0) is 16.6 Å². The number of anilines is 1. The van der Waals surface area contributed by atoms with Crippen molar-refractivity contribution in [1.29, 1.82) is 0 Å². The maximum absolute atomic E-state index is 13.5. The number of sulfonamides is 1. The molecule has 0 radical (unpaired) electrons. The quantitative estimate of drug-likeness (QED) is 0.910. The number of rotatable bonds is 4. The number of aryl methyl sites for hydroxylation is 1. The van der Waals surface area contributed by atoms with Crippen LogP contribution in [0.1, 0.15) is 9.75 Å². The summed E-state index contributed by atoms with van der Waals surface area (Å²) in [6.07, 6.45) is 0. The maximum Gasteiger partial charge on any atom is 0.263 e. The molecule has 0 bridgehead atoms. The van der Waals surface area contributed by atoms with Crippen molar-refractivity contribution in [2.45, 2.75) is 18.4 Å². The van der Waals surface area contributed by atoms with Crippen molar-refractivity contribution >= 4 is 27.0 Å². The predicted molar refractivity (Wildman–Crippen MR) is 74.1 cm³/mol. The molecule has 3 N–H and O–H groups in total. The zero-order valence-corrected chi connectivity index (χ0v) is 12.1. The van der Waals surface area contributed by atoms with Gasteiger partial charge in [-0.3, -0.25) is 4.72 Å². The van der Waals surface area contributed by atoms with Crippen LogP contribution in [0.4, 0.5) is 14.5 Å². The SMILES string of the molecule is Cc1sc(CN)cc1S(=O)(=O)Nc1cc(F)ccc1F. The maximum atomic E-state index is 13.5. The number of nitrogens with two attached hydrogens (primary N) is 1. The first-order chi connectivity index (χ1) is 9.33. The molecule has 0 fully saturated rings. The summed E-state index contributed by atoms with van der Waals surface area (Å²) in [5.41, 5.74) is 5.03. The monoisotopic (exact) mass is 318 g/mol. The minimum Gasteiger partial charge on any atom is -0.326 e. The number of hydrogen-bond donors (Lipinski definition) is 2. The molecule has 8 heteroatoms. The van der Waals surface area contributed by atoms with Gasteiger partial charge in [-0.25, -0.2) is 17.2 Å². The molecular formula is C12H12F2N2O2S2. The van der Waals surface area contributed by atoms with Crippen LogP contribution in [0.25, 0.3) is 0 Å². The van der Waals surface area contributed by atoms with Crippen molar-refractivity contribution in [3.05, 3.63) is 45.7 Å². The molecular weight excluding hydrogens is 306 g/mol. The Balaban J connectivity index is 2.40. The average molecular weight is 318 g/mol. The smallest absolute Gasteiger partial charge is 0.263 e. The third kappa shape index (κ3) is 2.97. The molecule has 0 spiro atoms. The van der Waals surface area contributed by atoms with E-state index in [-0.39, 0.29) is 11.4 Å². The molecule has 0 saturated carbocycles. The second kappa shape index (κ2) is 5.47. The Hall–Kier alpha value is -1.51. The average Bonchev–Trinajstić information content (AvgIpc) is 2.76. The van der Waals surface area contributed by atoms with Gasteiger partial charge in [0.25, 0.3) is 10.0 Å². The van der Waals surface area contributed by atoms with Gasteiger partial charge in [0.15, 0.2) is 0 Å². The van der Waals surface area contributed by atoms with Gasteiger partial charge in [-0.2, -0.15) is 0 Å². The van der Waals surface area contributed by atoms with Gasteiger partial charge in [0, 0.05) is 22.4 Å². The Bertz CT molecular complexity index is 742. The van der Waals surface area contributed by atoms with E-state index in [2.05, 4.69) is 0 Å². The Morgan fingerprint density at radius 1 is 1.30 bits per heavy atom. The molecule has 1 heterocycles. The van der Waals surface area contributed by atoms with Gasteiger partial charge in [0.2, 0.25) is 0 Å². The molecule has 0 amide bonds. The Morgan fingerprint density at radius 3 is 2.60 bits per heavy atom. The fraction of sp³-hybridized carbons (Fsp3) is 0.167. The van der Waals surface area contributed by atoms with Gasteiger partial charge in [-0.1, -0.05) is 0 Å². The predicted octanol–water partition coefficient (Wildman–Crippen LogP) is 2.59. The zero-order valence-electron chi connectivity index (χ0n) is 10.5. The molecule has 2 rings (SSSR count). The van der Waals surface area contributed by atoms with E-state index in [1.165, 1.54) is 17.4 Å². The van der Waals surface area contributed by atoms with Crippen LogP contribution in [0.5, 0.6) is 0 Å². The van der Waals surface area contributed by atoms with Gasteiger partial charge in [-0.05, 0) is 25.1 Å². The van der Waals surface area contributed by atoms with E-state index in [1.807, 2.05) is 4.72 Å². The van der Waals surface area contributed by atoms with Crippen molar-refractivity contribution in [1.82, 2.24) is 0 Å². The molecule has 0 atom stereocenters. The molecule has 0 aliphatic rings. The van der Waals surface area contributed by atoms with Gasteiger partial charge < -0.3 is 5.73 Å².